The largest absolute Gasteiger partial charge is 0.366 e. The van der Waals surface area contributed by atoms with Gasteiger partial charge >= 0.3 is 0 Å². The first kappa shape index (κ1) is 13.6. The number of primary amides is 1. The van der Waals surface area contributed by atoms with E-state index in [9.17, 15) is 9.59 Å². The van der Waals surface area contributed by atoms with E-state index in [0.717, 1.165) is 19.5 Å². The molecule has 4 heteroatoms. The fourth-order valence-electron chi connectivity index (χ4n) is 2.50. The van der Waals surface area contributed by atoms with E-state index in [-0.39, 0.29) is 5.91 Å². The molecule has 1 fully saturated rings. The van der Waals surface area contributed by atoms with E-state index in [1.165, 1.54) is 12.8 Å². The monoisotopic (exact) mass is 260 g/mol. The van der Waals surface area contributed by atoms with Crippen molar-refractivity contribution in [3.8, 4) is 0 Å². The lowest BCUT2D eigenvalue weighted by Gasteiger charge is -2.22. The van der Waals surface area contributed by atoms with Gasteiger partial charge in [-0.1, -0.05) is 13.3 Å². The van der Waals surface area contributed by atoms with Crippen LogP contribution in [-0.4, -0.2) is 29.8 Å². The highest BCUT2D eigenvalue weighted by atomic mass is 16.2. The number of carbonyl (C=O) groups excluding carboxylic acids is 2. The first-order chi connectivity index (χ1) is 9.08. The summed E-state index contributed by atoms with van der Waals surface area (Å²) in [6.07, 6.45) is 3.44. The zero-order valence-corrected chi connectivity index (χ0v) is 11.3. The van der Waals surface area contributed by atoms with Gasteiger partial charge in [0.1, 0.15) is 0 Å². The Morgan fingerprint density at radius 3 is 2.42 bits per heavy atom. The highest BCUT2D eigenvalue weighted by molar-refractivity contribution is 5.97. The predicted molar refractivity (Wildman–Crippen MR) is 73.9 cm³/mol. The number of hydrogen-bond donors (Lipinski definition) is 1. The van der Waals surface area contributed by atoms with Crippen LogP contribution in [0.1, 0.15) is 46.9 Å². The molecule has 2 N–H and O–H groups in total. The maximum Gasteiger partial charge on any atom is 0.253 e. The van der Waals surface area contributed by atoms with Crippen LogP contribution in [-0.2, 0) is 0 Å². The van der Waals surface area contributed by atoms with Crippen LogP contribution in [0, 0.1) is 5.92 Å². The summed E-state index contributed by atoms with van der Waals surface area (Å²) >= 11 is 0. The molecular weight excluding hydrogens is 240 g/mol. The standard InChI is InChI=1S/C15H20N2O2/c1-11-4-2-3-9-17(10-11)15(19)13-7-5-12(6-8-13)14(16)18/h5-8,11H,2-4,9-10H2,1H3,(H2,16,18). The molecule has 19 heavy (non-hydrogen) atoms. The molecule has 1 heterocycles. The van der Waals surface area contributed by atoms with Gasteiger partial charge in [0.2, 0.25) is 5.91 Å². The Labute approximate surface area is 113 Å². The minimum absolute atomic E-state index is 0.0461. The normalized spacial score (nSPS) is 19.8. The Kier molecular flexibility index (Phi) is 4.20. The number of rotatable bonds is 2. The minimum atomic E-state index is -0.470. The van der Waals surface area contributed by atoms with Gasteiger partial charge in [-0.2, -0.15) is 0 Å². The zero-order valence-electron chi connectivity index (χ0n) is 11.3. The van der Waals surface area contributed by atoms with E-state index >= 15 is 0 Å². The molecule has 2 rings (SSSR count). The van der Waals surface area contributed by atoms with E-state index in [0.29, 0.717) is 17.0 Å². The molecule has 0 radical (unpaired) electrons. The van der Waals surface area contributed by atoms with Crippen molar-refractivity contribution in [1.29, 1.82) is 0 Å². The Hall–Kier alpha value is -1.84. The first-order valence-electron chi connectivity index (χ1n) is 6.77. The van der Waals surface area contributed by atoms with Gasteiger partial charge in [-0.25, -0.2) is 0 Å². The summed E-state index contributed by atoms with van der Waals surface area (Å²) in [6, 6.07) is 6.57. The number of amides is 2. The quantitative estimate of drug-likeness (QED) is 0.884. The molecule has 1 unspecified atom stereocenters. The van der Waals surface area contributed by atoms with Gasteiger partial charge in [-0.3, -0.25) is 9.59 Å². The van der Waals surface area contributed by atoms with Gasteiger partial charge in [0.25, 0.3) is 5.91 Å². The predicted octanol–water partition coefficient (Wildman–Crippen LogP) is 2.05. The van der Waals surface area contributed by atoms with Crippen LogP contribution >= 0.6 is 0 Å². The SMILES string of the molecule is CC1CCCCN(C(=O)c2ccc(C(N)=O)cc2)C1. The fourth-order valence-corrected chi connectivity index (χ4v) is 2.50. The molecule has 0 aliphatic carbocycles. The molecule has 0 saturated carbocycles. The topological polar surface area (TPSA) is 63.4 Å². The van der Waals surface area contributed by atoms with Gasteiger partial charge < -0.3 is 10.6 Å². The summed E-state index contributed by atoms with van der Waals surface area (Å²) in [5, 5.41) is 0. The van der Waals surface area contributed by atoms with Crippen molar-refractivity contribution in [3.63, 3.8) is 0 Å². The van der Waals surface area contributed by atoms with Crippen molar-refractivity contribution in [3.05, 3.63) is 35.4 Å². The van der Waals surface area contributed by atoms with Crippen LogP contribution in [0.5, 0.6) is 0 Å². The molecule has 0 bridgehead atoms. The lowest BCUT2D eigenvalue weighted by molar-refractivity contribution is 0.0744. The smallest absolute Gasteiger partial charge is 0.253 e. The second kappa shape index (κ2) is 5.87. The third-order valence-electron chi connectivity index (χ3n) is 3.61. The fraction of sp³-hybridized carbons (Fsp3) is 0.467. The first-order valence-corrected chi connectivity index (χ1v) is 6.77. The molecule has 1 atom stereocenters. The number of nitrogens with two attached hydrogens (primary N) is 1. The Bertz CT molecular complexity index is 468. The number of carbonyl (C=O) groups is 2. The average Bonchev–Trinajstić information content (AvgIpc) is 2.62. The maximum absolute atomic E-state index is 12.4. The van der Waals surface area contributed by atoms with Crippen molar-refractivity contribution in [2.75, 3.05) is 13.1 Å². The number of benzene rings is 1. The van der Waals surface area contributed by atoms with Crippen molar-refractivity contribution in [2.45, 2.75) is 26.2 Å². The third kappa shape index (κ3) is 3.34. The summed E-state index contributed by atoms with van der Waals surface area (Å²) in [5.74, 6) is 0.128. The Morgan fingerprint density at radius 1 is 1.16 bits per heavy atom. The van der Waals surface area contributed by atoms with Crippen LogP contribution in [0.15, 0.2) is 24.3 Å². The molecule has 1 aromatic rings. The van der Waals surface area contributed by atoms with Crippen LogP contribution in [0.3, 0.4) is 0 Å². The van der Waals surface area contributed by atoms with Gasteiger partial charge in [0.05, 0.1) is 0 Å². The van der Waals surface area contributed by atoms with Crippen LogP contribution in [0.25, 0.3) is 0 Å². The molecule has 0 aromatic heterocycles. The molecule has 0 spiro atoms. The number of hydrogen-bond acceptors (Lipinski definition) is 2. The zero-order chi connectivity index (χ0) is 13.8. The summed E-state index contributed by atoms with van der Waals surface area (Å²) in [6.45, 7) is 3.82. The van der Waals surface area contributed by atoms with Crippen LogP contribution in [0.2, 0.25) is 0 Å². The minimum Gasteiger partial charge on any atom is -0.366 e. The summed E-state index contributed by atoms with van der Waals surface area (Å²) < 4.78 is 0. The van der Waals surface area contributed by atoms with E-state index in [1.54, 1.807) is 24.3 Å². The van der Waals surface area contributed by atoms with Gasteiger partial charge in [-0.05, 0) is 43.0 Å². The van der Waals surface area contributed by atoms with Gasteiger partial charge in [-0.15, -0.1) is 0 Å². The Balaban J connectivity index is 2.11. The second-order valence-electron chi connectivity index (χ2n) is 5.29. The van der Waals surface area contributed by atoms with E-state index in [2.05, 4.69) is 6.92 Å². The molecule has 102 valence electrons. The molecule has 1 saturated heterocycles. The maximum atomic E-state index is 12.4. The van der Waals surface area contributed by atoms with E-state index < -0.39 is 5.91 Å². The molecule has 2 amide bonds. The summed E-state index contributed by atoms with van der Waals surface area (Å²) in [5.41, 5.74) is 6.24. The Morgan fingerprint density at radius 2 is 1.79 bits per heavy atom. The van der Waals surface area contributed by atoms with E-state index in [4.69, 9.17) is 5.73 Å². The lowest BCUT2D eigenvalue weighted by atomic mass is 10.1. The van der Waals surface area contributed by atoms with Crippen molar-refractivity contribution < 1.29 is 9.59 Å². The van der Waals surface area contributed by atoms with Crippen LogP contribution < -0.4 is 5.73 Å². The molecule has 1 aliphatic heterocycles. The van der Waals surface area contributed by atoms with Gasteiger partial charge in [0, 0.05) is 24.2 Å². The molecular formula is C15H20N2O2. The number of likely N-dealkylation sites (tertiary alicyclic amines) is 1. The third-order valence-corrected chi connectivity index (χ3v) is 3.61. The summed E-state index contributed by atoms with van der Waals surface area (Å²) in [7, 11) is 0. The second-order valence-corrected chi connectivity index (χ2v) is 5.29. The highest BCUT2D eigenvalue weighted by Gasteiger charge is 2.20. The lowest BCUT2D eigenvalue weighted by Crippen LogP contribution is -2.34. The highest BCUT2D eigenvalue weighted by Crippen LogP contribution is 2.18. The van der Waals surface area contributed by atoms with Gasteiger partial charge in [0.15, 0.2) is 0 Å². The van der Waals surface area contributed by atoms with Crippen LogP contribution in [0.4, 0.5) is 0 Å². The van der Waals surface area contributed by atoms with E-state index in [1.807, 2.05) is 4.90 Å². The van der Waals surface area contributed by atoms with Crippen molar-refractivity contribution in [2.24, 2.45) is 11.7 Å². The number of nitrogens with zero attached hydrogens (tertiary/aromatic N) is 1. The summed E-state index contributed by atoms with van der Waals surface area (Å²) in [4.78, 5) is 25.3. The molecule has 4 nitrogen and oxygen atoms in total. The molecule has 1 aromatic carbocycles. The van der Waals surface area contributed by atoms with Crippen molar-refractivity contribution >= 4 is 11.8 Å². The molecule has 1 aliphatic rings. The average molecular weight is 260 g/mol. The van der Waals surface area contributed by atoms with Crippen molar-refractivity contribution in [1.82, 2.24) is 4.90 Å².